The SMILES string of the molecule is CCN1C(=O)C(C#N)=C(C)/C(=C/c2cc3oc(-c4ccc(C(F)(F)F)cc4)nc3n2-c2ccccc2)C1=O. The van der Waals surface area contributed by atoms with Gasteiger partial charge in [-0.05, 0) is 61.9 Å². The molecule has 0 saturated heterocycles. The molecule has 0 N–H and O–H groups in total. The average Bonchev–Trinajstić information content (AvgIpc) is 3.45. The topological polar surface area (TPSA) is 92.1 Å². The molecule has 0 radical (unpaired) electrons. The third-order valence-electron chi connectivity index (χ3n) is 6.29. The molecule has 2 aromatic carbocycles. The Morgan fingerprint density at radius 3 is 2.34 bits per heavy atom. The maximum Gasteiger partial charge on any atom is 0.416 e. The van der Waals surface area contributed by atoms with Crippen molar-refractivity contribution in [2.24, 2.45) is 0 Å². The van der Waals surface area contributed by atoms with E-state index in [0.717, 1.165) is 17.0 Å². The lowest BCUT2D eigenvalue weighted by Crippen LogP contribution is -2.42. The molecule has 1 aliphatic rings. The van der Waals surface area contributed by atoms with Gasteiger partial charge in [0, 0.05) is 29.4 Å². The number of nitrogens with zero attached hydrogens (tertiary/aromatic N) is 4. The van der Waals surface area contributed by atoms with E-state index in [1.54, 1.807) is 30.6 Å². The highest BCUT2D eigenvalue weighted by Gasteiger charge is 2.35. The third kappa shape index (κ3) is 4.08. The highest BCUT2D eigenvalue weighted by molar-refractivity contribution is 6.19. The smallest absolute Gasteiger partial charge is 0.416 e. The molecule has 0 fully saturated rings. The minimum Gasteiger partial charge on any atom is -0.434 e. The maximum absolute atomic E-state index is 13.1. The van der Waals surface area contributed by atoms with Crippen LogP contribution in [-0.2, 0) is 15.8 Å². The van der Waals surface area contributed by atoms with Gasteiger partial charge in [-0.25, -0.2) is 0 Å². The van der Waals surface area contributed by atoms with E-state index in [-0.39, 0.29) is 29.2 Å². The van der Waals surface area contributed by atoms with Crippen LogP contribution in [0.5, 0.6) is 0 Å². The molecule has 0 unspecified atom stereocenters. The molecule has 0 saturated carbocycles. The second kappa shape index (κ2) is 9.19. The lowest BCUT2D eigenvalue weighted by Gasteiger charge is -2.26. The Labute approximate surface area is 214 Å². The summed E-state index contributed by atoms with van der Waals surface area (Å²) in [6.45, 7) is 3.30. The maximum atomic E-state index is 13.1. The van der Waals surface area contributed by atoms with Gasteiger partial charge in [-0.15, -0.1) is 0 Å². The van der Waals surface area contributed by atoms with Crippen molar-refractivity contribution < 1.29 is 27.2 Å². The zero-order chi connectivity index (χ0) is 27.2. The van der Waals surface area contributed by atoms with Gasteiger partial charge in [0.1, 0.15) is 11.6 Å². The van der Waals surface area contributed by atoms with Crippen molar-refractivity contribution >= 4 is 29.1 Å². The van der Waals surface area contributed by atoms with Gasteiger partial charge in [0.15, 0.2) is 11.2 Å². The van der Waals surface area contributed by atoms with Crippen LogP contribution in [0.3, 0.4) is 0 Å². The number of likely N-dealkylation sites (N-methyl/N-ethyl adjacent to an activating group) is 1. The fourth-order valence-corrected chi connectivity index (χ4v) is 4.34. The molecular weight excluding hydrogens is 497 g/mol. The number of hydrogen-bond acceptors (Lipinski definition) is 5. The summed E-state index contributed by atoms with van der Waals surface area (Å²) >= 11 is 0. The molecule has 7 nitrogen and oxygen atoms in total. The number of benzene rings is 2. The van der Waals surface area contributed by atoms with Crippen LogP contribution in [0.1, 0.15) is 25.1 Å². The van der Waals surface area contributed by atoms with Crippen LogP contribution in [0, 0.1) is 11.3 Å². The van der Waals surface area contributed by atoms with Crippen LogP contribution in [0.4, 0.5) is 13.2 Å². The fourth-order valence-electron chi connectivity index (χ4n) is 4.34. The Balaban J connectivity index is 1.68. The summed E-state index contributed by atoms with van der Waals surface area (Å²) < 4.78 is 46.6. The van der Waals surface area contributed by atoms with Crippen molar-refractivity contribution in [1.29, 1.82) is 5.26 Å². The average molecular weight is 516 g/mol. The molecule has 5 rings (SSSR count). The van der Waals surface area contributed by atoms with Gasteiger partial charge in [-0.2, -0.15) is 23.4 Å². The van der Waals surface area contributed by atoms with E-state index >= 15 is 0 Å². The van der Waals surface area contributed by atoms with Crippen LogP contribution in [0.2, 0.25) is 0 Å². The first-order valence-electron chi connectivity index (χ1n) is 11.6. The molecule has 10 heteroatoms. The van der Waals surface area contributed by atoms with Crippen molar-refractivity contribution in [3.63, 3.8) is 0 Å². The quantitative estimate of drug-likeness (QED) is 0.248. The summed E-state index contributed by atoms with van der Waals surface area (Å²) in [6, 6.07) is 17.2. The predicted molar refractivity (Wildman–Crippen MR) is 132 cm³/mol. The molecule has 38 heavy (non-hydrogen) atoms. The van der Waals surface area contributed by atoms with Crippen molar-refractivity contribution in [2.45, 2.75) is 20.0 Å². The van der Waals surface area contributed by atoms with Gasteiger partial charge in [0.25, 0.3) is 11.8 Å². The number of hydrogen-bond donors (Lipinski definition) is 0. The Bertz CT molecular complexity index is 1690. The number of oxazole rings is 1. The lowest BCUT2D eigenvalue weighted by atomic mass is 9.94. The normalized spacial score (nSPS) is 15.6. The van der Waals surface area contributed by atoms with E-state index in [9.17, 15) is 28.0 Å². The number of alkyl halides is 3. The fraction of sp³-hybridized carbons (Fsp3) is 0.143. The first-order valence-corrected chi connectivity index (χ1v) is 11.6. The molecular formula is C28H19F3N4O3. The van der Waals surface area contributed by atoms with Crippen LogP contribution in [0.25, 0.3) is 34.4 Å². The summed E-state index contributed by atoms with van der Waals surface area (Å²) in [4.78, 5) is 31.3. The lowest BCUT2D eigenvalue weighted by molar-refractivity contribution is -0.140. The molecule has 0 bridgehead atoms. The van der Waals surface area contributed by atoms with Crippen molar-refractivity contribution in [3.05, 3.63) is 88.6 Å². The summed E-state index contributed by atoms with van der Waals surface area (Å²) in [5, 5.41) is 9.54. The number of halogens is 3. The summed E-state index contributed by atoms with van der Waals surface area (Å²) in [5.74, 6) is -1.03. The number of rotatable bonds is 4. The first kappa shape index (κ1) is 24.8. The number of para-hydroxylation sites is 1. The van der Waals surface area contributed by atoms with E-state index in [2.05, 4.69) is 4.98 Å². The Hall–Kier alpha value is -4.91. The van der Waals surface area contributed by atoms with Crippen LogP contribution < -0.4 is 0 Å². The first-order chi connectivity index (χ1) is 18.1. The van der Waals surface area contributed by atoms with E-state index in [1.165, 1.54) is 12.1 Å². The van der Waals surface area contributed by atoms with Gasteiger partial charge in [-0.3, -0.25) is 19.1 Å². The number of fused-ring (bicyclic) bond motifs is 1. The molecule has 0 spiro atoms. The van der Waals surface area contributed by atoms with E-state index in [4.69, 9.17) is 4.42 Å². The van der Waals surface area contributed by atoms with Gasteiger partial charge < -0.3 is 4.42 Å². The molecule has 4 aromatic rings. The van der Waals surface area contributed by atoms with E-state index in [1.807, 2.05) is 36.4 Å². The monoisotopic (exact) mass is 516 g/mol. The Morgan fingerprint density at radius 1 is 1.05 bits per heavy atom. The zero-order valence-electron chi connectivity index (χ0n) is 20.2. The minimum atomic E-state index is -4.46. The van der Waals surface area contributed by atoms with Crippen molar-refractivity contribution in [2.75, 3.05) is 6.54 Å². The largest absolute Gasteiger partial charge is 0.434 e. The number of nitriles is 1. The molecule has 1 aliphatic heterocycles. The molecule has 3 heterocycles. The molecule has 2 aromatic heterocycles. The Kier molecular flexibility index (Phi) is 5.99. The van der Waals surface area contributed by atoms with Crippen LogP contribution in [0.15, 0.2) is 81.8 Å². The number of amides is 2. The number of carbonyl (C=O) groups excluding carboxylic acids is 2. The summed E-state index contributed by atoms with van der Waals surface area (Å²) in [7, 11) is 0. The number of aromatic nitrogens is 2. The predicted octanol–water partition coefficient (Wildman–Crippen LogP) is 5.92. The Morgan fingerprint density at radius 2 is 1.74 bits per heavy atom. The van der Waals surface area contributed by atoms with Crippen LogP contribution >= 0.6 is 0 Å². The summed E-state index contributed by atoms with van der Waals surface area (Å²) in [5.41, 5.74) is 1.84. The van der Waals surface area contributed by atoms with Gasteiger partial charge in [-0.1, -0.05) is 18.2 Å². The zero-order valence-corrected chi connectivity index (χ0v) is 20.2. The second-order valence-electron chi connectivity index (χ2n) is 8.55. The number of carbonyl (C=O) groups is 2. The van der Waals surface area contributed by atoms with Crippen molar-refractivity contribution in [1.82, 2.24) is 14.5 Å². The highest BCUT2D eigenvalue weighted by atomic mass is 19.4. The highest BCUT2D eigenvalue weighted by Crippen LogP contribution is 2.34. The van der Waals surface area contributed by atoms with E-state index < -0.39 is 23.6 Å². The van der Waals surface area contributed by atoms with Crippen molar-refractivity contribution in [3.8, 4) is 23.2 Å². The molecule has 0 atom stereocenters. The molecule has 2 amide bonds. The van der Waals surface area contributed by atoms with Gasteiger partial charge in [0.2, 0.25) is 5.89 Å². The minimum absolute atomic E-state index is 0.105. The third-order valence-corrected chi connectivity index (χ3v) is 6.29. The number of imide groups is 1. The summed E-state index contributed by atoms with van der Waals surface area (Å²) in [6.07, 6.45) is -2.88. The second-order valence-corrected chi connectivity index (χ2v) is 8.55. The standard InChI is InChI=1S/C28H19F3N4O3/c1-3-34-26(36)21(16(2)22(15-32)27(34)37)13-20-14-23-24(35(20)19-7-5-4-6-8-19)33-25(38-23)17-9-11-18(12-10-17)28(29,30)31/h4-14H,3H2,1-2H3/b21-13-. The van der Waals surface area contributed by atoms with Gasteiger partial charge in [0.05, 0.1) is 11.3 Å². The molecule has 190 valence electrons. The van der Waals surface area contributed by atoms with E-state index in [0.29, 0.717) is 28.2 Å². The van der Waals surface area contributed by atoms with Gasteiger partial charge >= 0.3 is 6.18 Å². The van der Waals surface area contributed by atoms with Crippen LogP contribution in [-0.4, -0.2) is 32.8 Å². The molecule has 0 aliphatic carbocycles.